The molecule has 2 rings (SSSR count). The van der Waals surface area contributed by atoms with Crippen LogP contribution in [0.2, 0.25) is 0 Å². The van der Waals surface area contributed by atoms with E-state index in [-0.39, 0.29) is 23.3 Å². The normalized spacial score (nSPS) is 29.0. The van der Waals surface area contributed by atoms with E-state index in [4.69, 9.17) is 0 Å². The molecule has 4 unspecified atom stereocenters. The van der Waals surface area contributed by atoms with Crippen molar-refractivity contribution in [1.29, 1.82) is 0 Å². The molecule has 1 fully saturated rings. The maximum absolute atomic E-state index is 14.9. The molecule has 1 saturated carbocycles. The standard InChI is InChI=1S/C19H29FO2/c1-5-6-13-9-15(21)18(16(22)10-13)17-14(11(2)3)8-7-12(4)19(17)20/h9-12,14,17,19,21-22H,5-8H2,1-4H3. The van der Waals surface area contributed by atoms with Crippen molar-refractivity contribution in [3.05, 3.63) is 23.3 Å². The summed E-state index contributed by atoms with van der Waals surface area (Å²) in [5.74, 6) is 0.130. The monoisotopic (exact) mass is 308 g/mol. The lowest BCUT2D eigenvalue weighted by atomic mass is 9.66. The van der Waals surface area contributed by atoms with Crippen LogP contribution in [0.25, 0.3) is 0 Å². The van der Waals surface area contributed by atoms with Gasteiger partial charge in [-0.3, -0.25) is 0 Å². The van der Waals surface area contributed by atoms with Gasteiger partial charge >= 0.3 is 0 Å². The SMILES string of the molecule is CCCc1cc(O)c(C2C(F)C(C)CCC2C(C)C)c(O)c1. The molecule has 0 aromatic heterocycles. The quantitative estimate of drug-likeness (QED) is 0.805. The van der Waals surface area contributed by atoms with Crippen LogP contribution in [0.4, 0.5) is 4.39 Å². The largest absolute Gasteiger partial charge is 0.508 e. The number of alkyl halides is 1. The first-order chi connectivity index (χ1) is 10.4. The van der Waals surface area contributed by atoms with E-state index in [0.29, 0.717) is 11.5 Å². The van der Waals surface area contributed by atoms with Crippen LogP contribution < -0.4 is 0 Å². The summed E-state index contributed by atoms with van der Waals surface area (Å²) in [7, 11) is 0. The van der Waals surface area contributed by atoms with Crippen molar-refractivity contribution in [3.63, 3.8) is 0 Å². The third-order valence-corrected chi connectivity index (χ3v) is 5.23. The maximum Gasteiger partial charge on any atom is 0.123 e. The van der Waals surface area contributed by atoms with Gasteiger partial charge in [-0.1, -0.05) is 34.1 Å². The Balaban J connectivity index is 2.46. The molecule has 124 valence electrons. The van der Waals surface area contributed by atoms with Gasteiger partial charge in [-0.2, -0.15) is 0 Å². The van der Waals surface area contributed by atoms with Crippen LogP contribution in [0.15, 0.2) is 12.1 Å². The van der Waals surface area contributed by atoms with E-state index in [2.05, 4.69) is 20.8 Å². The second-order valence-corrected chi connectivity index (χ2v) is 7.23. The molecule has 0 aliphatic heterocycles. The lowest BCUT2D eigenvalue weighted by molar-refractivity contribution is 0.0805. The van der Waals surface area contributed by atoms with Crippen LogP contribution >= 0.6 is 0 Å². The first-order valence-corrected chi connectivity index (χ1v) is 8.55. The van der Waals surface area contributed by atoms with Gasteiger partial charge < -0.3 is 10.2 Å². The van der Waals surface area contributed by atoms with Crippen molar-refractivity contribution < 1.29 is 14.6 Å². The molecule has 0 heterocycles. The van der Waals surface area contributed by atoms with E-state index in [0.717, 1.165) is 31.2 Å². The Hall–Kier alpha value is -1.25. The molecular formula is C19H29FO2. The minimum absolute atomic E-state index is 0.0332. The van der Waals surface area contributed by atoms with Crippen molar-refractivity contribution in [3.8, 4) is 11.5 Å². The van der Waals surface area contributed by atoms with Gasteiger partial charge in [0.2, 0.25) is 0 Å². The number of phenols is 2. The number of benzene rings is 1. The summed E-state index contributed by atoms with van der Waals surface area (Å²) in [6, 6.07) is 3.39. The molecule has 3 heteroatoms. The van der Waals surface area contributed by atoms with Gasteiger partial charge in [0.25, 0.3) is 0 Å². The van der Waals surface area contributed by atoms with Crippen molar-refractivity contribution in [2.24, 2.45) is 17.8 Å². The number of hydrogen-bond acceptors (Lipinski definition) is 2. The number of aryl methyl sites for hydroxylation is 1. The third-order valence-electron chi connectivity index (χ3n) is 5.23. The fourth-order valence-corrected chi connectivity index (χ4v) is 3.96. The molecule has 1 aliphatic rings. The van der Waals surface area contributed by atoms with Gasteiger partial charge in [-0.15, -0.1) is 0 Å². The van der Waals surface area contributed by atoms with E-state index in [1.54, 1.807) is 12.1 Å². The Morgan fingerprint density at radius 2 is 1.77 bits per heavy atom. The molecule has 1 aromatic rings. The first kappa shape index (κ1) is 17.1. The van der Waals surface area contributed by atoms with E-state index in [1.165, 1.54) is 0 Å². The van der Waals surface area contributed by atoms with Crippen LogP contribution in [0.5, 0.6) is 11.5 Å². The topological polar surface area (TPSA) is 40.5 Å². The molecule has 2 N–H and O–H groups in total. The van der Waals surface area contributed by atoms with E-state index in [9.17, 15) is 14.6 Å². The summed E-state index contributed by atoms with van der Waals surface area (Å²) in [6.45, 7) is 8.17. The van der Waals surface area contributed by atoms with Gasteiger partial charge in [0.15, 0.2) is 0 Å². The van der Waals surface area contributed by atoms with Crippen LogP contribution in [0.1, 0.15) is 64.0 Å². The highest BCUT2D eigenvalue weighted by atomic mass is 19.1. The van der Waals surface area contributed by atoms with Gasteiger partial charge in [-0.05, 0) is 54.7 Å². The molecule has 1 aliphatic carbocycles. The number of halogens is 1. The highest BCUT2D eigenvalue weighted by Crippen LogP contribution is 2.50. The summed E-state index contributed by atoms with van der Waals surface area (Å²) in [4.78, 5) is 0. The zero-order chi connectivity index (χ0) is 16.4. The lowest BCUT2D eigenvalue weighted by Gasteiger charge is -2.40. The van der Waals surface area contributed by atoms with Crippen molar-refractivity contribution in [2.45, 2.75) is 65.5 Å². The first-order valence-electron chi connectivity index (χ1n) is 8.55. The molecule has 0 spiro atoms. The Morgan fingerprint density at radius 3 is 2.27 bits per heavy atom. The Kier molecular flexibility index (Phi) is 5.36. The fourth-order valence-electron chi connectivity index (χ4n) is 3.96. The molecule has 0 bridgehead atoms. The molecule has 0 radical (unpaired) electrons. The van der Waals surface area contributed by atoms with Gasteiger partial charge in [-0.25, -0.2) is 4.39 Å². The summed E-state index contributed by atoms with van der Waals surface area (Å²) in [5, 5.41) is 20.9. The smallest absolute Gasteiger partial charge is 0.123 e. The van der Waals surface area contributed by atoms with Crippen molar-refractivity contribution in [2.75, 3.05) is 0 Å². The minimum atomic E-state index is -1.02. The van der Waals surface area contributed by atoms with Gasteiger partial charge in [0.05, 0.1) is 0 Å². The second kappa shape index (κ2) is 6.89. The zero-order valence-electron chi connectivity index (χ0n) is 14.1. The number of phenolic OH excluding ortho intramolecular Hbond substituents is 2. The molecule has 0 amide bonds. The van der Waals surface area contributed by atoms with E-state index < -0.39 is 12.1 Å². The lowest BCUT2D eigenvalue weighted by Crippen LogP contribution is -2.36. The molecule has 0 saturated heterocycles. The Bertz CT molecular complexity index is 489. The molecular weight excluding hydrogens is 279 g/mol. The number of rotatable bonds is 4. The minimum Gasteiger partial charge on any atom is -0.508 e. The average molecular weight is 308 g/mol. The highest BCUT2D eigenvalue weighted by molar-refractivity contribution is 5.50. The molecule has 2 nitrogen and oxygen atoms in total. The third kappa shape index (κ3) is 3.23. The van der Waals surface area contributed by atoms with Crippen LogP contribution in [0, 0.1) is 17.8 Å². The summed E-state index contributed by atoms with van der Waals surface area (Å²) >= 11 is 0. The highest BCUT2D eigenvalue weighted by Gasteiger charge is 2.42. The summed E-state index contributed by atoms with van der Waals surface area (Å²) in [6.07, 6.45) is 2.54. The summed E-state index contributed by atoms with van der Waals surface area (Å²) in [5.41, 5.74) is 1.32. The number of hydrogen-bond donors (Lipinski definition) is 2. The van der Waals surface area contributed by atoms with Crippen molar-refractivity contribution in [1.82, 2.24) is 0 Å². The average Bonchev–Trinajstić information content (AvgIpc) is 2.42. The Morgan fingerprint density at radius 1 is 1.18 bits per heavy atom. The summed E-state index contributed by atoms with van der Waals surface area (Å²) < 4.78 is 14.9. The maximum atomic E-state index is 14.9. The number of aromatic hydroxyl groups is 2. The van der Waals surface area contributed by atoms with Crippen LogP contribution in [-0.4, -0.2) is 16.4 Å². The molecule has 1 aromatic carbocycles. The molecule has 4 atom stereocenters. The van der Waals surface area contributed by atoms with Crippen LogP contribution in [-0.2, 0) is 6.42 Å². The van der Waals surface area contributed by atoms with Crippen molar-refractivity contribution >= 4 is 0 Å². The van der Waals surface area contributed by atoms with E-state index in [1.807, 2.05) is 6.92 Å². The van der Waals surface area contributed by atoms with E-state index >= 15 is 0 Å². The predicted molar refractivity (Wildman–Crippen MR) is 88.1 cm³/mol. The zero-order valence-corrected chi connectivity index (χ0v) is 14.1. The molecule has 22 heavy (non-hydrogen) atoms. The van der Waals surface area contributed by atoms with Crippen LogP contribution in [0.3, 0.4) is 0 Å². The van der Waals surface area contributed by atoms with Gasteiger partial charge in [0, 0.05) is 11.5 Å². The van der Waals surface area contributed by atoms with Gasteiger partial charge in [0.1, 0.15) is 17.7 Å². The second-order valence-electron chi connectivity index (χ2n) is 7.23. The fraction of sp³-hybridized carbons (Fsp3) is 0.684. The predicted octanol–water partition coefficient (Wildman–Crippen LogP) is 5.17. The Labute approximate surface area is 133 Å².